The van der Waals surface area contributed by atoms with Crippen LogP contribution in [0, 0.1) is 0 Å². The maximum absolute atomic E-state index is 12.8. The van der Waals surface area contributed by atoms with E-state index < -0.39 is 10.0 Å². The lowest BCUT2D eigenvalue weighted by Crippen LogP contribution is -2.27. The van der Waals surface area contributed by atoms with Crippen molar-refractivity contribution in [2.24, 2.45) is 0 Å². The average molecular weight is 474 g/mol. The molecule has 5 rings (SSSR count). The SMILES string of the molecule is O=C(CSc1nc2ccccc2[nH]1)Nc1nc2ccc(S(=O)(=O)N3CCCC3)cc2s1. The van der Waals surface area contributed by atoms with Crippen molar-refractivity contribution in [2.75, 3.05) is 24.2 Å². The molecule has 1 saturated heterocycles. The number of thiazole rings is 1. The molecule has 1 aliphatic rings. The Balaban J connectivity index is 1.27. The highest BCUT2D eigenvalue weighted by Crippen LogP contribution is 2.30. The summed E-state index contributed by atoms with van der Waals surface area (Å²) in [7, 11) is -3.48. The van der Waals surface area contributed by atoms with E-state index in [1.807, 2.05) is 24.3 Å². The zero-order valence-electron chi connectivity index (χ0n) is 16.4. The molecule has 4 aromatic rings. The number of sulfonamides is 1. The summed E-state index contributed by atoms with van der Waals surface area (Å²) in [5.41, 5.74) is 2.44. The number of carbonyl (C=O) groups is 1. The van der Waals surface area contributed by atoms with Crippen LogP contribution in [0.5, 0.6) is 0 Å². The van der Waals surface area contributed by atoms with Crippen molar-refractivity contribution in [1.82, 2.24) is 19.3 Å². The maximum Gasteiger partial charge on any atom is 0.243 e. The van der Waals surface area contributed by atoms with Gasteiger partial charge in [-0.1, -0.05) is 35.2 Å². The second-order valence-corrected chi connectivity index (χ2v) is 11.1. The number of amides is 1. The van der Waals surface area contributed by atoms with Gasteiger partial charge in [0.15, 0.2) is 10.3 Å². The minimum Gasteiger partial charge on any atom is -0.333 e. The molecule has 31 heavy (non-hydrogen) atoms. The number of aromatic nitrogens is 3. The highest BCUT2D eigenvalue weighted by atomic mass is 32.2. The van der Waals surface area contributed by atoms with Gasteiger partial charge in [0.05, 0.1) is 31.9 Å². The predicted octanol–water partition coefficient (Wildman–Crippen LogP) is 3.69. The number of para-hydroxylation sites is 2. The zero-order chi connectivity index (χ0) is 21.4. The first-order chi connectivity index (χ1) is 15.0. The van der Waals surface area contributed by atoms with Gasteiger partial charge in [-0.3, -0.25) is 4.79 Å². The van der Waals surface area contributed by atoms with Crippen LogP contribution in [0.1, 0.15) is 12.8 Å². The summed E-state index contributed by atoms with van der Waals surface area (Å²) >= 11 is 2.58. The topological polar surface area (TPSA) is 108 Å². The number of hydrogen-bond acceptors (Lipinski definition) is 7. The fourth-order valence-corrected chi connectivity index (χ4v) is 6.71. The molecular formula is C20H19N5O3S3. The maximum atomic E-state index is 12.8. The first kappa shape index (κ1) is 20.4. The molecule has 0 atom stereocenters. The van der Waals surface area contributed by atoms with Gasteiger partial charge in [0, 0.05) is 13.1 Å². The summed E-state index contributed by atoms with van der Waals surface area (Å²) in [4.78, 5) is 24.7. The Morgan fingerprint density at radius 1 is 1.13 bits per heavy atom. The summed E-state index contributed by atoms with van der Waals surface area (Å²) in [6, 6.07) is 12.6. The molecule has 2 aromatic carbocycles. The third-order valence-electron chi connectivity index (χ3n) is 5.02. The number of fused-ring (bicyclic) bond motifs is 2. The van der Waals surface area contributed by atoms with Crippen molar-refractivity contribution >= 4 is 65.4 Å². The van der Waals surface area contributed by atoms with Crippen molar-refractivity contribution < 1.29 is 13.2 Å². The number of imidazole rings is 1. The Kier molecular flexibility index (Phi) is 5.42. The van der Waals surface area contributed by atoms with Gasteiger partial charge in [0.1, 0.15) is 0 Å². The minimum absolute atomic E-state index is 0.185. The third kappa shape index (κ3) is 4.18. The van der Waals surface area contributed by atoms with Crippen LogP contribution in [-0.4, -0.2) is 52.4 Å². The van der Waals surface area contributed by atoms with Gasteiger partial charge in [0.25, 0.3) is 0 Å². The van der Waals surface area contributed by atoms with Crippen LogP contribution in [0.2, 0.25) is 0 Å². The molecular weight excluding hydrogens is 454 g/mol. The highest BCUT2D eigenvalue weighted by Gasteiger charge is 2.27. The first-order valence-corrected chi connectivity index (χ1v) is 13.0. The van der Waals surface area contributed by atoms with E-state index in [1.54, 1.807) is 18.2 Å². The zero-order valence-corrected chi connectivity index (χ0v) is 18.8. The molecule has 3 heterocycles. The van der Waals surface area contributed by atoms with Gasteiger partial charge in [-0.15, -0.1) is 0 Å². The summed E-state index contributed by atoms with van der Waals surface area (Å²) in [5, 5.41) is 3.92. The number of nitrogens with one attached hydrogen (secondary N) is 2. The molecule has 0 aliphatic carbocycles. The highest BCUT2D eigenvalue weighted by molar-refractivity contribution is 7.99. The van der Waals surface area contributed by atoms with Gasteiger partial charge >= 0.3 is 0 Å². The second-order valence-electron chi connectivity index (χ2n) is 7.16. The van der Waals surface area contributed by atoms with Gasteiger partial charge in [0.2, 0.25) is 15.9 Å². The monoisotopic (exact) mass is 473 g/mol. The van der Waals surface area contributed by atoms with Crippen LogP contribution >= 0.6 is 23.1 Å². The van der Waals surface area contributed by atoms with Crippen LogP contribution in [0.15, 0.2) is 52.5 Å². The van der Waals surface area contributed by atoms with E-state index in [4.69, 9.17) is 0 Å². The van der Waals surface area contributed by atoms with Crippen molar-refractivity contribution in [2.45, 2.75) is 22.9 Å². The predicted molar refractivity (Wildman–Crippen MR) is 123 cm³/mol. The average Bonchev–Trinajstić information content (AvgIpc) is 3.50. The van der Waals surface area contributed by atoms with Gasteiger partial charge in [-0.2, -0.15) is 4.31 Å². The van der Waals surface area contributed by atoms with Crippen molar-refractivity contribution in [3.63, 3.8) is 0 Å². The second kappa shape index (κ2) is 8.23. The number of benzene rings is 2. The Morgan fingerprint density at radius 2 is 1.94 bits per heavy atom. The number of aromatic amines is 1. The lowest BCUT2D eigenvalue weighted by molar-refractivity contribution is -0.113. The van der Waals surface area contributed by atoms with Gasteiger partial charge in [-0.05, 0) is 43.2 Å². The Bertz CT molecular complexity index is 1340. The summed E-state index contributed by atoms with van der Waals surface area (Å²) in [6.45, 7) is 1.13. The molecule has 2 aromatic heterocycles. The molecule has 0 saturated carbocycles. The number of rotatable bonds is 6. The van der Waals surface area contributed by atoms with E-state index in [1.165, 1.54) is 27.4 Å². The fraction of sp³-hybridized carbons (Fsp3) is 0.250. The summed E-state index contributed by atoms with van der Waals surface area (Å²) in [6.07, 6.45) is 1.79. The van der Waals surface area contributed by atoms with Crippen molar-refractivity contribution in [3.8, 4) is 0 Å². The number of H-pyrrole nitrogens is 1. The smallest absolute Gasteiger partial charge is 0.243 e. The van der Waals surface area contributed by atoms with E-state index in [0.29, 0.717) is 28.9 Å². The molecule has 1 amide bonds. The number of carbonyl (C=O) groups excluding carboxylic acids is 1. The van der Waals surface area contributed by atoms with E-state index in [0.717, 1.165) is 28.6 Å². The van der Waals surface area contributed by atoms with Crippen LogP contribution < -0.4 is 5.32 Å². The summed E-state index contributed by atoms with van der Waals surface area (Å²) < 4.78 is 27.8. The van der Waals surface area contributed by atoms with Crippen LogP contribution in [-0.2, 0) is 14.8 Å². The molecule has 1 fully saturated rings. The van der Waals surface area contributed by atoms with Gasteiger partial charge in [-0.25, -0.2) is 18.4 Å². The van der Waals surface area contributed by atoms with E-state index in [9.17, 15) is 13.2 Å². The number of nitrogens with zero attached hydrogens (tertiary/aromatic N) is 3. The van der Waals surface area contributed by atoms with Gasteiger partial charge < -0.3 is 10.3 Å². The first-order valence-electron chi connectivity index (χ1n) is 9.77. The molecule has 160 valence electrons. The van der Waals surface area contributed by atoms with Crippen LogP contribution in [0.25, 0.3) is 21.3 Å². The summed E-state index contributed by atoms with van der Waals surface area (Å²) in [5.74, 6) is -0.0147. The Morgan fingerprint density at radius 3 is 2.74 bits per heavy atom. The number of anilines is 1. The molecule has 8 nitrogen and oxygen atoms in total. The van der Waals surface area contributed by atoms with Crippen molar-refractivity contribution in [3.05, 3.63) is 42.5 Å². The molecule has 0 spiro atoms. The number of hydrogen-bond donors (Lipinski definition) is 2. The van der Waals surface area contributed by atoms with Crippen LogP contribution in [0.4, 0.5) is 5.13 Å². The number of thioether (sulfide) groups is 1. The standard InChI is InChI=1S/C20H19N5O3S3/c26-18(12-29-19-21-14-5-1-2-6-15(14)22-19)24-20-23-16-8-7-13(11-17(16)30-20)31(27,28)25-9-3-4-10-25/h1-2,5-8,11H,3-4,9-10,12H2,(H,21,22)(H,23,24,26). The lowest BCUT2D eigenvalue weighted by atomic mass is 10.3. The quantitative estimate of drug-likeness (QED) is 0.414. The Labute approximate surface area is 187 Å². The van der Waals surface area contributed by atoms with E-state index in [-0.39, 0.29) is 16.6 Å². The Hall–Kier alpha value is -2.47. The largest absolute Gasteiger partial charge is 0.333 e. The molecule has 0 unspecified atom stereocenters. The lowest BCUT2D eigenvalue weighted by Gasteiger charge is -2.15. The molecule has 0 radical (unpaired) electrons. The molecule has 0 bridgehead atoms. The van der Waals surface area contributed by atoms with Crippen molar-refractivity contribution in [1.29, 1.82) is 0 Å². The molecule has 11 heteroatoms. The molecule has 1 aliphatic heterocycles. The molecule has 2 N–H and O–H groups in total. The van der Waals surface area contributed by atoms with E-state index >= 15 is 0 Å². The van der Waals surface area contributed by atoms with Crippen LogP contribution in [0.3, 0.4) is 0 Å². The van der Waals surface area contributed by atoms with E-state index in [2.05, 4.69) is 20.3 Å². The third-order valence-corrected chi connectivity index (χ3v) is 8.72. The normalized spacial score (nSPS) is 15.1. The minimum atomic E-state index is -3.48. The fourth-order valence-electron chi connectivity index (χ4n) is 3.48.